The van der Waals surface area contributed by atoms with Crippen molar-refractivity contribution in [2.24, 2.45) is 7.05 Å². The first-order chi connectivity index (χ1) is 8.47. The second kappa shape index (κ2) is 4.76. The van der Waals surface area contributed by atoms with Crippen molar-refractivity contribution >= 4 is 15.9 Å². The molecule has 1 aromatic carbocycles. The number of ether oxygens (including phenoxy) is 1. The lowest BCUT2D eigenvalue weighted by Crippen LogP contribution is -1.99. The fourth-order valence-electron chi connectivity index (χ4n) is 2.30. The van der Waals surface area contributed by atoms with Gasteiger partial charge >= 0.3 is 0 Å². The van der Waals surface area contributed by atoms with Crippen LogP contribution in [0.15, 0.2) is 17.0 Å². The van der Waals surface area contributed by atoms with Crippen molar-refractivity contribution < 1.29 is 4.74 Å². The van der Waals surface area contributed by atoms with Crippen LogP contribution < -0.4 is 4.74 Å². The number of imidazole rings is 1. The van der Waals surface area contributed by atoms with Crippen LogP contribution in [0.2, 0.25) is 0 Å². The summed E-state index contributed by atoms with van der Waals surface area (Å²) in [4.78, 5) is 4.30. The van der Waals surface area contributed by atoms with Gasteiger partial charge in [-0.05, 0) is 59.5 Å². The molecule has 0 aliphatic rings. The fourth-order valence-corrected chi connectivity index (χ4v) is 2.87. The number of nitrogens with zero attached hydrogens (tertiary/aromatic N) is 2. The molecule has 0 atom stereocenters. The van der Waals surface area contributed by atoms with E-state index in [0.29, 0.717) is 0 Å². The van der Waals surface area contributed by atoms with Crippen LogP contribution in [0.3, 0.4) is 0 Å². The predicted molar refractivity (Wildman–Crippen MR) is 77.1 cm³/mol. The first-order valence-electron chi connectivity index (χ1n) is 5.79. The highest BCUT2D eigenvalue weighted by Gasteiger charge is 2.17. The van der Waals surface area contributed by atoms with Crippen LogP contribution in [0.1, 0.15) is 16.7 Å². The molecule has 4 heteroatoms. The summed E-state index contributed by atoms with van der Waals surface area (Å²) in [6.45, 7) is 6.31. The molecular weight excluding hydrogens is 292 g/mol. The van der Waals surface area contributed by atoms with Gasteiger partial charge in [-0.3, -0.25) is 0 Å². The maximum absolute atomic E-state index is 5.41. The van der Waals surface area contributed by atoms with Crippen LogP contribution in [0, 0.1) is 20.8 Å². The zero-order valence-electron chi connectivity index (χ0n) is 11.3. The van der Waals surface area contributed by atoms with Crippen LogP contribution in [0.5, 0.6) is 5.75 Å². The number of aryl methyl sites for hydroxylation is 2. The molecule has 0 aliphatic carbocycles. The normalized spacial score (nSPS) is 10.8. The van der Waals surface area contributed by atoms with Crippen LogP contribution in [-0.4, -0.2) is 16.7 Å². The van der Waals surface area contributed by atoms with E-state index in [9.17, 15) is 0 Å². The number of aromatic nitrogens is 2. The third-order valence-corrected chi connectivity index (χ3v) is 3.98. The third kappa shape index (κ3) is 1.94. The summed E-state index contributed by atoms with van der Waals surface area (Å²) in [7, 11) is 3.71. The fraction of sp³-hybridized carbons (Fsp3) is 0.357. The van der Waals surface area contributed by atoms with Gasteiger partial charge in [0.1, 0.15) is 10.4 Å². The topological polar surface area (TPSA) is 27.1 Å². The van der Waals surface area contributed by atoms with Crippen LogP contribution in [-0.2, 0) is 7.05 Å². The maximum Gasteiger partial charge on any atom is 0.132 e. The Labute approximate surface area is 116 Å². The molecule has 0 saturated carbocycles. The molecule has 0 bridgehead atoms. The highest BCUT2D eigenvalue weighted by molar-refractivity contribution is 9.10. The van der Waals surface area contributed by atoms with Gasteiger partial charge in [-0.15, -0.1) is 0 Å². The minimum Gasteiger partial charge on any atom is -0.496 e. The van der Waals surface area contributed by atoms with Crippen molar-refractivity contribution in [1.82, 2.24) is 9.55 Å². The number of methoxy groups -OCH3 is 1. The van der Waals surface area contributed by atoms with E-state index in [0.717, 1.165) is 16.0 Å². The Morgan fingerprint density at radius 1 is 1.22 bits per heavy atom. The molecule has 0 saturated heterocycles. The summed E-state index contributed by atoms with van der Waals surface area (Å²) < 4.78 is 8.31. The lowest BCUT2D eigenvalue weighted by atomic mass is 9.95. The van der Waals surface area contributed by atoms with Gasteiger partial charge in [-0.2, -0.15) is 0 Å². The van der Waals surface area contributed by atoms with Crippen molar-refractivity contribution in [2.45, 2.75) is 20.8 Å². The Balaban J connectivity index is 2.77. The molecule has 2 rings (SSSR count). The van der Waals surface area contributed by atoms with Gasteiger partial charge in [0.05, 0.1) is 19.1 Å². The van der Waals surface area contributed by atoms with Gasteiger partial charge in [-0.25, -0.2) is 4.98 Å². The molecule has 3 nitrogen and oxygen atoms in total. The Bertz CT molecular complexity index is 583. The average Bonchev–Trinajstić information content (AvgIpc) is 2.65. The van der Waals surface area contributed by atoms with E-state index < -0.39 is 0 Å². The number of rotatable bonds is 2. The molecule has 1 heterocycles. The summed E-state index contributed by atoms with van der Waals surface area (Å²) in [6.07, 6.45) is 1.82. The van der Waals surface area contributed by atoms with Gasteiger partial charge in [0.15, 0.2) is 0 Å². The molecule has 2 aromatic rings. The molecular formula is C14H17BrN2O. The molecule has 96 valence electrons. The minimum atomic E-state index is 0.876. The number of hydrogen-bond donors (Lipinski definition) is 0. The van der Waals surface area contributed by atoms with Gasteiger partial charge in [-0.1, -0.05) is 0 Å². The Morgan fingerprint density at radius 2 is 1.89 bits per heavy atom. The standard InChI is InChI=1S/C14H17BrN2O/c1-8-6-11(18-5)9(2)10(3)12(8)13-14(15)16-7-17(13)4/h6-7H,1-5H3. The van der Waals surface area contributed by atoms with Crippen molar-refractivity contribution in [2.75, 3.05) is 7.11 Å². The van der Waals surface area contributed by atoms with Crippen molar-refractivity contribution in [3.63, 3.8) is 0 Å². The van der Waals surface area contributed by atoms with Crippen molar-refractivity contribution in [3.05, 3.63) is 33.7 Å². The van der Waals surface area contributed by atoms with Crippen molar-refractivity contribution in [3.8, 4) is 17.0 Å². The highest BCUT2D eigenvalue weighted by atomic mass is 79.9. The van der Waals surface area contributed by atoms with E-state index in [-0.39, 0.29) is 0 Å². The summed E-state index contributed by atoms with van der Waals surface area (Å²) >= 11 is 3.52. The zero-order valence-corrected chi connectivity index (χ0v) is 12.9. The number of benzene rings is 1. The Kier molecular flexibility index (Phi) is 3.48. The molecule has 1 aromatic heterocycles. The van der Waals surface area contributed by atoms with Crippen LogP contribution in [0.25, 0.3) is 11.3 Å². The second-order valence-corrected chi connectivity index (χ2v) is 5.27. The largest absolute Gasteiger partial charge is 0.496 e. The predicted octanol–water partition coefficient (Wildman–Crippen LogP) is 3.78. The average molecular weight is 309 g/mol. The number of halogens is 1. The lowest BCUT2D eigenvalue weighted by Gasteiger charge is -2.16. The monoisotopic (exact) mass is 308 g/mol. The number of hydrogen-bond acceptors (Lipinski definition) is 2. The van der Waals surface area contributed by atoms with Gasteiger partial charge < -0.3 is 9.30 Å². The molecule has 0 radical (unpaired) electrons. The SMILES string of the molecule is COc1cc(C)c(-c2c(Br)ncn2C)c(C)c1C. The van der Waals surface area contributed by atoms with Gasteiger partial charge in [0.2, 0.25) is 0 Å². The van der Waals surface area contributed by atoms with E-state index in [2.05, 4.69) is 47.8 Å². The van der Waals surface area contributed by atoms with Gasteiger partial charge in [0.25, 0.3) is 0 Å². The van der Waals surface area contributed by atoms with Gasteiger partial charge in [0, 0.05) is 12.6 Å². The maximum atomic E-state index is 5.41. The second-order valence-electron chi connectivity index (χ2n) is 4.52. The first kappa shape index (κ1) is 13.1. The molecule has 0 N–H and O–H groups in total. The molecule has 0 unspecified atom stereocenters. The molecule has 18 heavy (non-hydrogen) atoms. The summed E-state index contributed by atoms with van der Waals surface area (Å²) in [5.41, 5.74) is 5.93. The van der Waals surface area contributed by atoms with E-state index in [1.807, 2.05) is 17.9 Å². The molecule has 0 spiro atoms. The van der Waals surface area contributed by atoms with Crippen LogP contribution >= 0.6 is 15.9 Å². The van der Waals surface area contributed by atoms with E-state index in [1.54, 1.807) is 7.11 Å². The summed E-state index contributed by atoms with van der Waals surface area (Å²) in [5.74, 6) is 0.937. The van der Waals surface area contributed by atoms with Crippen LogP contribution in [0.4, 0.5) is 0 Å². The Hall–Kier alpha value is -1.29. The highest BCUT2D eigenvalue weighted by Crippen LogP contribution is 2.37. The third-order valence-electron chi connectivity index (χ3n) is 3.40. The molecule has 0 fully saturated rings. The van der Waals surface area contributed by atoms with Crippen molar-refractivity contribution in [1.29, 1.82) is 0 Å². The summed E-state index contributed by atoms with van der Waals surface area (Å²) in [6, 6.07) is 2.08. The van der Waals surface area contributed by atoms with E-state index >= 15 is 0 Å². The molecule has 0 amide bonds. The first-order valence-corrected chi connectivity index (χ1v) is 6.58. The van der Waals surface area contributed by atoms with E-state index in [4.69, 9.17) is 4.74 Å². The lowest BCUT2D eigenvalue weighted by molar-refractivity contribution is 0.411. The zero-order chi connectivity index (χ0) is 13.4. The minimum absolute atomic E-state index is 0.876. The molecule has 0 aliphatic heterocycles. The quantitative estimate of drug-likeness (QED) is 0.844. The van der Waals surface area contributed by atoms with E-state index in [1.165, 1.54) is 22.3 Å². The summed E-state index contributed by atoms with van der Waals surface area (Å²) in [5, 5.41) is 0. The smallest absolute Gasteiger partial charge is 0.132 e. The Morgan fingerprint density at radius 3 is 2.39 bits per heavy atom.